The molecule has 4 rings (SSSR count). The molecule has 1 aliphatic rings. The van der Waals surface area contributed by atoms with E-state index in [9.17, 15) is 9.59 Å². The molecule has 0 fully saturated rings. The van der Waals surface area contributed by atoms with Gasteiger partial charge in [-0.25, -0.2) is 4.79 Å². The number of nitrogens with zero attached hydrogens (tertiary/aromatic N) is 3. The average molecular weight is 513 g/mol. The third-order valence-electron chi connectivity index (χ3n) is 5.56. The van der Waals surface area contributed by atoms with Gasteiger partial charge in [0.1, 0.15) is 17.4 Å². The van der Waals surface area contributed by atoms with Crippen molar-refractivity contribution >= 4 is 40.0 Å². The Bertz CT molecular complexity index is 1240. The summed E-state index contributed by atoms with van der Waals surface area (Å²) in [4.78, 5) is 26.2. The fraction of sp³-hybridized carbons (Fsp3) is 0.360. The van der Waals surface area contributed by atoms with Crippen LogP contribution in [-0.2, 0) is 35.5 Å². The maximum absolute atomic E-state index is 12.7. The zero-order valence-corrected chi connectivity index (χ0v) is 21.7. The summed E-state index contributed by atoms with van der Waals surface area (Å²) in [7, 11) is 1.36. The number of thioether (sulfide) groups is 1. The zero-order valence-electron chi connectivity index (χ0n) is 20.1. The third-order valence-corrected chi connectivity index (χ3v) is 7.74. The maximum atomic E-state index is 12.7. The van der Waals surface area contributed by atoms with Gasteiger partial charge in [0.05, 0.1) is 18.4 Å². The van der Waals surface area contributed by atoms with E-state index in [4.69, 9.17) is 9.47 Å². The van der Waals surface area contributed by atoms with Gasteiger partial charge < -0.3 is 14.8 Å². The molecule has 184 valence electrons. The summed E-state index contributed by atoms with van der Waals surface area (Å²) in [5, 5.41) is 12.6. The highest BCUT2D eigenvalue weighted by atomic mass is 32.2. The van der Waals surface area contributed by atoms with Crippen molar-refractivity contribution in [1.29, 1.82) is 0 Å². The molecular weight excluding hydrogens is 484 g/mol. The first kappa shape index (κ1) is 25.0. The van der Waals surface area contributed by atoms with Crippen LogP contribution in [-0.4, -0.2) is 39.5 Å². The molecule has 8 nitrogen and oxygen atoms in total. The van der Waals surface area contributed by atoms with Crippen LogP contribution in [0.1, 0.15) is 44.2 Å². The lowest BCUT2D eigenvalue weighted by molar-refractivity contribution is -0.113. The Hall–Kier alpha value is -3.11. The van der Waals surface area contributed by atoms with Gasteiger partial charge in [0.15, 0.2) is 11.0 Å². The van der Waals surface area contributed by atoms with Gasteiger partial charge in [0, 0.05) is 11.4 Å². The summed E-state index contributed by atoms with van der Waals surface area (Å²) in [6.45, 7) is 8.61. The molecule has 0 bridgehead atoms. The van der Waals surface area contributed by atoms with Crippen LogP contribution in [0.4, 0.5) is 5.00 Å². The van der Waals surface area contributed by atoms with E-state index in [0.717, 1.165) is 46.6 Å². The highest BCUT2D eigenvalue weighted by molar-refractivity contribution is 7.99. The number of anilines is 1. The molecule has 2 heterocycles. The van der Waals surface area contributed by atoms with Gasteiger partial charge in [-0.1, -0.05) is 23.9 Å². The summed E-state index contributed by atoms with van der Waals surface area (Å²) >= 11 is 2.73. The number of amides is 1. The molecule has 10 heteroatoms. The first-order valence-electron chi connectivity index (χ1n) is 11.3. The Morgan fingerprint density at radius 2 is 2.00 bits per heavy atom. The predicted molar refractivity (Wildman–Crippen MR) is 138 cm³/mol. The lowest BCUT2D eigenvalue weighted by Gasteiger charge is -2.10. The average Bonchev–Trinajstić information content (AvgIpc) is 3.50. The van der Waals surface area contributed by atoms with Crippen molar-refractivity contribution in [1.82, 2.24) is 14.8 Å². The molecule has 1 aromatic carbocycles. The smallest absolute Gasteiger partial charge is 0.341 e. The van der Waals surface area contributed by atoms with Gasteiger partial charge >= 0.3 is 5.97 Å². The SMILES string of the molecule is C=CCn1c(COc2cc(C)cc(C)c2)nnc1SCC(=O)Nc1sc2c(c1C(=O)OC)CCC2. The summed E-state index contributed by atoms with van der Waals surface area (Å²) in [6, 6.07) is 6.04. The van der Waals surface area contributed by atoms with Crippen molar-refractivity contribution in [2.75, 3.05) is 18.2 Å². The standard InChI is InChI=1S/C25H28N4O4S2/c1-5-9-29-20(13-33-17-11-15(2)10-16(3)12-17)27-28-25(29)34-14-21(30)26-23-22(24(31)32-4)18-7-6-8-19(18)35-23/h5,10-12H,1,6-9,13-14H2,2-4H3,(H,26,30). The molecule has 1 aliphatic carbocycles. The Morgan fingerprint density at radius 3 is 2.71 bits per heavy atom. The van der Waals surface area contributed by atoms with E-state index in [-0.39, 0.29) is 18.3 Å². The highest BCUT2D eigenvalue weighted by Gasteiger charge is 2.28. The molecule has 3 aromatic rings. The summed E-state index contributed by atoms with van der Waals surface area (Å²) < 4.78 is 12.8. The van der Waals surface area contributed by atoms with Gasteiger partial charge in [-0.15, -0.1) is 28.1 Å². The number of aryl methyl sites for hydroxylation is 3. The third kappa shape index (κ3) is 5.76. The predicted octanol–water partition coefficient (Wildman–Crippen LogP) is 4.73. The first-order valence-corrected chi connectivity index (χ1v) is 13.1. The minimum atomic E-state index is -0.411. The van der Waals surface area contributed by atoms with Crippen LogP contribution in [0.2, 0.25) is 0 Å². The Labute approximate surface area is 212 Å². The van der Waals surface area contributed by atoms with Gasteiger partial charge in [-0.3, -0.25) is 9.36 Å². The van der Waals surface area contributed by atoms with E-state index < -0.39 is 5.97 Å². The lowest BCUT2D eigenvalue weighted by Crippen LogP contribution is -2.17. The normalized spacial score (nSPS) is 12.3. The van der Waals surface area contributed by atoms with E-state index in [1.807, 2.05) is 30.5 Å². The minimum absolute atomic E-state index is 0.121. The van der Waals surface area contributed by atoms with E-state index >= 15 is 0 Å². The molecule has 2 aromatic heterocycles. The summed E-state index contributed by atoms with van der Waals surface area (Å²) in [5.41, 5.74) is 3.75. The number of carbonyl (C=O) groups is 2. The molecule has 0 radical (unpaired) electrons. The summed E-state index contributed by atoms with van der Waals surface area (Å²) in [5.74, 6) is 0.909. The van der Waals surface area contributed by atoms with E-state index in [1.54, 1.807) is 6.08 Å². The topological polar surface area (TPSA) is 95.3 Å². The number of benzene rings is 1. The van der Waals surface area contributed by atoms with Crippen molar-refractivity contribution in [2.45, 2.75) is 51.4 Å². The van der Waals surface area contributed by atoms with Crippen LogP contribution in [0.15, 0.2) is 36.0 Å². The Kier molecular flexibility index (Phi) is 7.92. The van der Waals surface area contributed by atoms with Crippen LogP contribution in [0.5, 0.6) is 5.75 Å². The molecule has 0 unspecified atom stereocenters. The Morgan fingerprint density at radius 1 is 1.23 bits per heavy atom. The largest absolute Gasteiger partial charge is 0.486 e. The second-order valence-electron chi connectivity index (χ2n) is 8.30. The number of hydrogen-bond acceptors (Lipinski definition) is 8. The molecule has 0 saturated carbocycles. The van der Waals surface area contributed by atoms with Gasteiger partial charge in [-0.05, 0) is 61.9 Å². The van der Waals surface area contributed by atoms with Crippen molar-refractivity contribution in [3.8, 4) is 5.75 Å². The monoisotopic (exact) mass is 512 g/mol. The van der Waals surface area contributed by atoms with Gasteiger partial charge in [-0.2, -0.15) is 0 Å². The molecule has 0 aliphatic heterocycles. The second-order valence-corrected chi connectivity index (χ2v) is 10.3. The number of nitrogens with one attached hydrogen (secondary N) is 1. The van der Waals surface area contributed by atoms with Crippen LogP contribution in [0, 0.1) is 13.8 Å². The zero-order chi connectivity index (χ0) is 24.9. The number of hydrogen-bond donors (Lipinski definition) is 1. The van der Waals surface area contributed by atoms with Crippen LogP contribution in [0.3, 0.4) is 0 Å². The number of thiophene rings is 1. The maximum Gasteiger partial charge on any atom is 0.341 e. The molecule has 35 heavy (non-hydrogen) atoms. The van der Waals surface area contributed by atoms with E-state index in [2.05, 4.69) is 28.2 Å². The fourth-order valence-electron chi connectivity index (χ4n) is 4.11. The quantitative estimate of drug-likeness (QED) is 0.238. The van der Waals surface area contributed by atoms with Crippen molar-refractivity contribution < 1.29 is 19.1 Å². The number of esters is 1. The Balaban J connectivity index is 1.41. The number of ether oxygens (including phenoxy) is 2. The molecule has 0 spiro atoms. The number of fused-ring (bicyclic) bond motifs is 1. The molecule has 1 N–H and O–H groups in total. The van der Waals surface area contributed by atoms with E-state index in [0.29, 0.717) is 28.1 Å². The van der Waals surface area contributed by atoms with E-state index in [1.165, 1.54) is 30.2 Å². The number of rotatable bonds is 10. The summed E-state index contributed by atoms with van der Waals surface area (Å²) in [6.07, 6.45) is 4.53. The van der Waals surface area contributed by atoms with Crippen LogP contribution < -0.4 is 10.1 Å². The van der Waals surface area contributed by atoms with Gasteiger partial charge in [0.25, 0.3) is 0 Å². The molecule has 1 amide bonds. The number of allylic oxidation sites excluding steroid dienone is 1. The van der Waals surface area contributed by atoms with Crippen LogP contribution >= 0.6 is 23.1 Å². The number of carbonyl (C=O) groups excluding carboxylic acids is 2. The second kappa shape index (κ2) is 11.1. The van der Waals surface area contributed by atoms with Crippen molar-refractivity contribution in [2.24, 2.45) is 0 Å². The van der Waals surface area contributed by atoms with Crippen molar-refractivity contribution in [3.63, 3.8) is 0 Å². The minimum Gasteiger partial charge on any atom is -0.486 e. The van der Waals surface area contributed by atoms with Crippen molar-refractivity contribution in [3.05, 3.63) is 63.8 Å². The fourth-order valence-corrected chi connectivity index (χ4v) is 6.17. The number of aromatic nitrogens is 3. The number of methoxy groups -OCH3 is 1. The molecular formula is C25H28N4O4S2. The molecule has 0 atom stereocenters. The highest BCUT2D eigenvalue weighted by Crippen LogP contribution is 2.39. The lowest BCUT2D eigenvalue weighted by atomic mass is 10.1. The van der Waals surface area contributed by atoms with Gasteiger partial charge in [0.2, 0.25) is 5.91 Å². The van der Waals surface area contributed by atoms with Crippen LogP contribution in [0.25, 0.3) is 0 Å². The first-order chi connectivity index (χ1) is 16.9. The molecule has 0 saturated heterocycles.